The number of aliphatic carboxylic acids is 1. The molecule has 76 valence electrons. The minimum atomic E-state index is -0.769. The van der Waals surface area contributed by atoms with Gasteiger partial charge in [-0.2, -0.15) is 0 Å². The first-order valence-electron chi connectivity index (χ1n) is 4.60. The monoisotopic (exact) mass is 187 g/mol. The average Bonchev–Trinajstić information content (AvgIpc) is 2.90. The Morgan fingerprint density at radius 3 is 2.62 bits per heavy atom. The molecular weight excluding hydrogens is 170 g/mol. The third-order valence-electron chi connectivity index (χ3n) is 2.90. The summed E-state index contributed by atoms with van der Waals surface area (Å²) in [6, 6.07) is 0. The summed E-state index contributed by atoms with van der Waals surface area (Å²) in [6.07, 6.45) is 2.51. The van der Waals surface area contributed by atoms with Crippen LogP contribution in [-0.4, -0.2) is 31.3 Å². The Labute approximate surface area is 78.1 Å². The second-order valence-electron chi connectivity index (χ2n) is 3.68. The Morgan fingerprint density at radius 1 is 1.69 bits per heavy atom. The Kier molecular flexibility index (Phi) is 3.27. The maximum Gasteiger partial charge on any atom is 0.311 e. The van der Waals surface area contributed by atoms with Crippen molar-refractivity contribution >= 4 is 5.97 Å². The Balaban J connectivity index is 2.64. The molecule has 4 nitrogen and oxygen atoms in total. The van der Waals surface area contributed by atoms with E-state index in [1.807, 2.05) is 0 Å². The van der Waals surface area contributed by atoms with Gasteiger partial charge >= 0.3 is 5.97 Å². The van der Waals surface area contributed by atoms with E-state index >= 15 is 0 Å². The zero-order valence-electron chi connectivity index (χ0n) is 7.95. The SMILES string of the molecule is COCCC(CN)(C(=O)O)C1CC1. The number of ether oxygens (including phenoxy) is 1. The summed E-state index contributed by atoms with van der Waals surface area (Å²) in [5, 5.41) is 9.13. The first kappa shape index (κ1) is 10.5. The summed E-state index contributed by atoms with van der Waals surface area (Å²) in [5.41, 5.74) is 4.83. The largest absolute Gasteiger partial charge is 0.481 e. The van der Waals surface area contributed by atoms with Crippen LogP contribution in [0.4, 0.5) is 0 Å². The average molecular weight is 187 g/mol. The van der Waals surface area contributed by atoms with Crippen molar-refractivity contribution in [1.29, 1.82) is 0 Å². The lowest BCUT2D eigenvalue weighted by molar-refractivity contribution is -0.151. The normalized spacial score (nSPS) is 21.1. The molecule has 0 aliphatic heterocycles. The Hall–Kier alpha value is -0.610. The molecule has 0 amide bonds. The lowest BCUT2D eigenvalue weighted by atomic mass is 9.80. The van der Waals surface area contributed by atoms with Gasteiger partial charge in [-0.3, -0.25) is 4.79 Å². The highest BCUT2D eigenvalue weighted by Crippen LogP contribution is 2.47. The lowest BCUT2D eigenvalue weighted by Gasteiger charge is -2.27. The molecule has 0 bridgehead atoms. The van der Waals surface area contributed by atoms with Gasteiger partial charge in [0.2, 0.25) is 0 Å². The van der Waals surface area contributed by atoms with Crippen LogP contribution in [-0.2, 0) is 9.53 Å². The molecule has 3 N–H and O–H groups in total. The number of carboxylic acid groups (broad SMARTS) is 1. The molecule has 0 heterocycles. The second-order valence-corrected chi connectivity index (χ2v) is 3.68. The third kappa shape index (κ3) is 2.00. The highest BCUT2D eigenvalue weighted by Gasteiger charge is 2.49. The first-order valence-corrected chi connectivity index (χ1v) is 4.60. The van der Waals surface area contributed by atoms with Crippen LogP contribution >= 0.6 is 0 Å². The van der Waals surface area contributed by atoms with Crippen LogP contribution in [0.15, 0.2) is 0 Å². The molecule has 1 aliphatic rings. The van der Waals surface area contributed by atoms with Gasteiger partial charge in [0.1, 0.15) is 0 Å². The predicted octanol–water partition coefficient (Wildman–Crippen LogP) is 0.463. The summed E-state index contributed by atoms with van der Waals surface area (Å²) in [5.74, 6) is -0.500. The molecule has 1 atom stereocenters. The molecule has 0 spiro atoms. The molecule has 0 saturated heterocycles. The molecule has 1 unspecified atom stereocenters. The number of hydrogen-bond donors (Lipinski definition) is 2. The molecule has 4 heteroatoms. The number of nitrogens with two attached hydrogens (primary N) is 1. The van der Waals surface area contributed by atoms with Crippen molar-refractivity contribution in [3.8, 4) is 0 Å². The molecule has 1 fully saturated rings. The number of carbonyl (C=O) groups is 1. The highest BCUT2D eigenvalue weighted by molar-refractivity contribution is 5.76. The maximum absolute atomic E-state index is 11.1. The molecule has 13 heavy (non-hydrogen) atoms. The molecule has 1 rings (SSSR count). The summed E-state index contributed by atoms with van der Waals surface area (Å²) < 4.78 is 4.91. The number of rotatable bonds is 6. The van der Waals surface area contributed by atoms with E-state index in [2.05, 4.69) is 0 Å². The minimum absolute atomic E-state index is 0.219. The van der Waals surface area contributed by atoms with Gasteiger partial charge in [-0.15, -0.1) is 0 Å². The van der Waals surface area contributed by atoms with E-state index in [1.165, 1.54) is 0 Å². The van der Waals surface area contributed by atoms with Gasteiger partial charge < -0.3 is 15.6 Å². The predicted molar refractivity (Wildman–Crippen MR) is 48.3 cm³/mol. The third-order valence-corrected chi connectivity index (χ3v) is 2.90. The quantitative estimate of drug-likeness (QED) is 0.633. The summed E-state index contributed by atoms with van der Waals surface area (Å²) in [6.45, 7) is 0.691. The molecule has 1 aliphatic carbocycles. The van der Waals surface area contributed by atoms with E-state index in [0.717, 1.165) is 12.8 Å². The maximum atomic E-state index is 11.1. The minimum Gasteiger partial charge on any atom is -0.481 e. The van der Waals surface area contributed by atoms with Crippen LogP contribution < -0.4 is 5.73 Å². The molecule has 0 radical (unpaired) electrons. The van der Waals surface area contributed by atoms with E-state index in [9.17, 15) is 4.79 Å². The molecular formula is C9H17NO3. The Bertz CT molecular complexity index is 191. The van der Waals surface area contributed by atoms with E-state index in [-0.39, 0.29) is 12.5 Å². The zero-order valence-corrected chi connectivity index (χ0v) is 7.95. The van der Waals surface area contributed by atoms with Crippen molar-refractivity contribution in [3.63, 3.8) is 0 Å². The summed E-state index contributed by atoms with van der Waals surface area (Å²) >= 11 is 0. The Morgan fingerprint density at radius 2 is 2.31 bits per heavy atom. The zero-order chi connectivity index (χ0) is 9.90. The van der Waals surface area contributed by atoms with Crippen LogP contribution in [0.2, 0.25) is 0 Å². The topological polar surface area (TPSA) is 72.5 Å². The lowest BCUT2D eigenvalue weighted by Crippen LogP contribution is -2.41. The molecule has 0 aromatic rings. The molecule has 0 aromatic heterocycles. The fraction of sp³-hybridized carbons (Fsp3) is 0.889. The van der Waals surface area contributed by atoms with Crippen molar-refractivity contribution in [1.82, 2.24) is 0 Å². The second kappa shape index (κ2) is 4.07. The van der Waals surface area contributed by atoms with E-state index in [1.54, 1.807) is 7.11 Å². The van der Waals surface area contributed by atoms with Gasteiger partial charge in [0.25, 0.3) is 0 Å². The number of methoxy groups -OCH3 is 1. The van der Waals surface area contributed by atoms with Crippen LogP contribution in [0.3, 0.4) is 0 Å². The van der Waals surface area contributed by atoms with Crippen molar-refractivity contribution in [3.05, 3.63) is 0 Å². The molecule has 1 saturated carbocycles. The fourth-order valence-electron chi connectivity index (χ4n) is 1.76. The van der Waals surface area contributed by atoms with Gasteiger partial charge in [-0.05, 0) is 25.2 Å². The van der Waals surface area contributed by atoms with Crippen molar-refractivity contribution in [2.24, 2.45) is 17.1 Å². The van der Waals surface area contributed by atoms with E-state index in [0.29, 0.717) is 13.0 Å². The number of carboxylic acids is 1. The van der Waals surface area contributed by atoms with Crippen LogP contribution in [0.5, 0.6) is 0 Å². The van der Waals surface area contributed by atoms with Gasteiger partial charge in [-0.25, -0.2) is 0 Å². The first-order chi connectivity index (χ1) is 6.17. The summed E-state index contributed by atoms with van der Waals surface area (Å²) in [7, 11) is 1.58. The summed E-state index contributed by atoms with van der Waals surface area (Å²) in [4.78, 5) is 11.1. The van der Waals surface area contributed by atoms with Gasteiger partial charge in [-0.1, -0.05) is 0 Å². The van der Waals surface area contributed by atoms with Crippen molar-refractivity contribution in [2.45, 2.75) is 19.3 Å². The molecule has 0 aromatic carbocycles. The van der Waals surface area contributed by atoms with Crippen LogP contribution in [0, 0.1) is 11.3 Å². The van der Waals surface area contributed by atoms with Gasteiger partial charge in [0.15, 0.2) is 0 Å². The van der Waals surface area contributed by atoms with Gasteiger partial charge in [0, 0.05) is 20.3 Å². The van der Waals surface area contributed by atoms with Crippen molar-refractivity contribution < 1.29 is 14.6 Å². The highest BCUT2D eigenvalue weighted by atomic mass is 16.5. The van der Waals surface area contributed by atoms with Crippen LogP contribution in [0.25, 0.3) is 0 Å². The van der Waals surface area contributed by atoms with Gasteiger partial charge in [0.05, 0.1) is 5.41 Å². The fourth-order valence-corrected chi connectivity index (χ4v) is 1.76. The smallest absolute Gasteiger partial charge is 0.311 e. The standard InChI is InChI=1S/C9H17NO3/c1-13-5-4-9(6-10,8(11)12)7-2-3-7/h7H,2-6,10H2,1H3,(H,11,12). The van der Waals surface area contributed by atoms with E-state index < -0.39 is 11.4 Å². The number of hydrogen-bond acceptors (Lipinski definition) is 3. The van der Waals surface area contributed by atoms with E-state index in [4.69, 9.17) is 15.6 Å². The van der Waals surface area contributed by atoms with Crippen molar-refractivity contribution in [2.75, 3.05) is 20.3 Å². The van der Waals surface area contributed by atoms with Crippen LogP contribution in [0.1, 0.15) is 19.3 Å².